The predicted molar refractivity (Wildman–Crippen MR) is 76.4 cm³/mol. The van der Waals surface area contributed by atoms with E-state index in [1.807, 2.05) is 5.32 Å². The molecule has 0 saturated heterocycles. The van der Waals surface area contributed by atoms with Crippen LogP contribution in [0.1, 0.15) is 25.7 Å². The van der Waals surface area contributed by atoms with Crippen LogP contribution >= 0.6 is 11.6 Å². The van der Waals surface area contributed by atoms with E-state index in [0.717, 1.165) is 25.0 Å². The third kappa shape index (κ3) is 3.92. The molecule has 1 aromatic rings. The van der Waals surface area contributed by atoms with E-state index < -0.39 is 41.3 Å². The van der Waals surface area contributed by atoms with E-state index >= 15 is 0 Å². The van der Waals surface area contributed by atoms with Crippen molar-refractivity contribution in [2.75, 3.05) is 5.32 Å². The van der Waals surface area contributed by atoms with Gasteiger partial charge in [-0.15, -0.1) is 0 Å². The van der Waals surface area contributed by atoms with Gasteiger partial charge in [-0.25, -0.2) is 8.78 Å². The van der Waals surface area contributed by atoms with E-state index in [0.29, 0.717) is 12.8 Å². The van der Waals surface area contributed by atoms with Crippen molar-refractivity contribution in [3.63, 3.8) is 0 Å². The van der Waals surface area contributed by atoms with Crippen LogP contribution < -0.4 is 10.6 Å². The van der Waals surface area contributed by atoms with Crippen LogP contribution in [0, 0.1) is 11.6 Å². The number of amides is 2. The fourth-order valence-electron chi connectivity index (χ4n) is 2.35. The van der Waals surface area contributed by atoms with Gasteiger partial charge in [0, 0.05) is 5.02 Å². The molecule has 2 rings (SSSR count). The van der Waals surface area contributed by atoms with Crippen LogP contribution in [0.4, 0.5) is 14.5 Å². The number of carbonyl (C=O) groups excluding carboxylic acids is 2. The Morgan fingerprint density at radius 1 is 1.14 bits per heavy atom. The van der Waals surface area contributed by atoms with E-state index in [1.54, 1.807) is 0 Å². The Balaban J connectivity index is 2.01. The molecule has 1 fully saturated rings. The molecule has 1 aliphatic carbocycles. The van der Waals surface area contributed by atoms with Crippen LogP contribution in [0.3, 0.4) is 0 Å². The van der Waals surface area contributed by atoms with Crippen molar-refractivity contribution >= 4 is 29.1 Å². The predicted octanol–water partition coefficient (Wildman–Crippen LogP) is 1.98. The highest BCUT2D eigenvalue weighted by Crippen LogP contribution is 2.23. The second-order valence-corrected chi connectivity index (χ2v) is 5.57. The summed E-state index contributed by atoms with van der Waals surface area (Å²) in [6.07, 6.45) is 2.02. The van der Waals surface area contributed by atoms with Gasteiger partial charge in [0.1, 0.15) is 5.69 Å². The maximum atomic E-state index is 13.5. The van der Waals surface area contributed by atoms with Crippen LogP contribution in [-0.2, 0) is 9.59 Å². The minimum Gasteiger partial charge on any atom is -0.391 e. The first kappa shape index (κ1) is 16.6. The van der Waals surface area contributed by atoms with Crippen LogP contribution in [0.2, 0.25) is 5.02 Å². The Hall–Kier alpha value is -1.73. The molecule has 1 aromatic carbocycles. The molecule has 2 atom stereocenters. The first-order valence-electron chi connectivity index (χ1n) is 6.83. The molecule has 0 bridgehead atoms. The number of rotatable bonds is 2. The Labute approximate surface area is 130 Å². The van der Waals surface area contributed by atoms with Gasteiger partial charge in [-0.2, -0.15) is 0 Å². The summed E-state index contributed by atoms with van der Waals surface area (Å²) in [5, 5.41) is 13.8. The highest BCUT2D eigenvalue weighted by Gasteiger charge is 2.27. The van der Waals surface area contributed by atoms with Gasteiger partial charge in [0.05, 0.1) is 12.1 Å². The van der Waals surface area contributed by atoms with Gasteiger partial charge >= 0.3 is 11.8 Å². The monoisotopic (exact) mass is 332 g/mol. The number of halogens is 3. The molecule has 0 aliphatic heterocycles. The molecule has 1 aliphatic rings. The maximum Gasteiger partial charge on any atom is 0.313 e. The van der Waals surface area contributed by atoms with Crippen molar-refractivity contribution in [2.45, 2.75) is 37.8 Å². The average molecular weight is 333 g/mol. The normalized spacial score (nSPS) is 21.3. The van der Waals surface area contributed by atoms with Gasteiger partial charge in [-0.3, -0.25) is 9.59 Å². The minimum atomic E-state index is -1.21. The molecule has 2 unspecified atom stereocenters. The summed E-state index contributed by atoms with van der Waals surface area (Å²) in [7, 11) is 0. The standard InChI is InChI=1S/C14H15ClF2N2O3/c15-7-5-8(16)12(9(17)6-7)19-14(22)13(21)18-10-3-1-2-4-11(10)20/h5-6,10-11,20H,1-4H2,(H,18,21)(H,19,22). The number of hydrogen-bond donors (Lipinski definition) is 3. The second kappa shape index (κ2) is 7.02. The number of aliphatic hydroxyl groups is 1. The lowest BCUT2D eigenvalue weighted by Crippen LogP contribution is -2.48. The molecule has 0 aromatic heterocycles. The lowest BCUT2D eigenvalue weighted by atomic mass is 9.92. The molecule has 3 N–H and O–H groups in total. The van der Waals surface area contributed by atoms with Crippen LogP contribution in [-0.4, -0.2) is 29.1 Å². The van der Waals surface area contributed by atoms with Gasteiger partial charge in [0.15, 0.2) is 11.6 Å². The Morgan fingerprint density at radius 2 is 1.73 bits per heavy atom. The Morgan fingerprint density at radius 3 is 2.32 bits per heavy atom. The van der Waals surface area contributed by atoms with Crippen LogP contribution in [0.15, 0.2) is 12.1 Å². The van der Waals surface area contributed by atoms with Gasteiger partial charge in [0.25, 0.3) is 0 Å². The van der Waals surface area contributed by atoms with Gasteiger partial charge in [-0.05, 0) is 25.0 Å². The largest absolute Gasteiger partial charge is 0.391 e. The van der Waals surface area contributed by atoms with Gasteiger partial charge in [0.2, 0.25) is 0 Å². The highest BCUT2D eigenvalue weighted by molar-refractivity contribution is 6.39. The fourth-order valence-corrected chi connectivity index (χ4v) is 2.54. The highest BCUT2D eigenvalue weighted by atomic mass is 35.5. The van der Waals surface area contributed by atoms with Gasteiger partial charge < -0.3 is 15.7 Å². The number of anilines is 1. The Bertz CT molecular complexity index is 574. The zero-order valence-electron chi connectivity index (χ0n) is 11.5. The van der Waals surface area contributed by atoms with Crippen molar-refractivity contribution in [1.29, 1.82) is 0 Å². The van der Waals surface area contributed by atoms with Crippen molar-refractivity contribution < 1.29 is 23.5 Å². The molecular formula is C14H15ClF2N2O3. The molecule has 1 saturated carbocycles. The molecule has 5 nitrogen and oxygen atoms in total. The van der Waals surface area contributed by atoms with E-state index in [4.69, 9.17) is 11.6 Å². The second-order valence-electron chi connectivity index (χ2n) is 5.13. The average Bonchev–Trinajstić information content (AvgIpc) is 2.45. The number of aliphatic hydroxyl groups excluding tert-OH is 1. The van der Waals surface area contributed by atoms with Crippen LogP contribution in [0.5, 0.6) is 0 Å². The lowest BCUT2D eigenvalue weighted by molar-refractivity contribution is -0.137. The zero-order valence-corrected chi connectivity index (χ0v) is 12.3. The molecule has 120 valence electrons. The van der Waals surface area contributed by atoms with E-state index in [-0.39, 0.29) is 5.02 Å². The summed E-state index contributed by atoms with van der Waals surface area (Å²) in [6, 6.07) is 1.11. The minimum absolute atomic E-state index is 0.164. The molecule has 2 amide bonds. The summed E-state index contributed by atoms with van der Waals surface area (Å²) in [5.74, 6) is -4.43. The summed E-state index contributed by atoms with van der Waals surface area (Å²) in [6.45, 7) is 0. The van der Waals surface area contributed by atoms with Crippen LogP contribution in [0.25, 0.3) is 0 Å². The summed E-state index contributed by atoms with van der Waals surface area (Å²) in [4.78, 5) is 23.5. The van der Waals surface area contributed by atoms with E-state index in [9.17, 15) is 23.5 Å². The smallest absolute Gasteiger partial charge is 0.313 e. The molecular weight excluding hydrogens is 318 g/mol. The fraction of sp³-hybridized carbons (Fsp3) is 0.429. The van der Waals surface area contributed by atoms with E-state index in [2.05, 4.69) is 5.32 Å². The topological polar surface area (TPSA) is 78.4 Å². The van der Waals surface area contributed by atoms with Gasteiger partial charge in [-0.1, -0.05) is 24.4 Å². The van der Waals surface area contributed by atoms with E-state index in [1.165, 1.54) is 0 Å². The molecule has 8 heteroatoms. The van der Waals surface area contributed by atoms with Crippen molar-refractivity contribution in [3.05, 3.63) is 28.8 Å². The number of hydrogen-bond acceptors (Lipinski definition) is 3. The molecule has 22 heavy (non-hydrogen) atoms. The first-order valence-corrected chi connectivity index (χ1v) is 7.20. The van der Waals surface area contributed by atoms with Crippen molar-refractivity contribution in [1.82, 2.24) is 5.32 Å². The first-order chi connectivity index (χ1) is 10.4. The van der Waals surface area contributed by atoms with Crippen molar-refractivity contribution in [2.24, 2.45) is 0 Å². The van der Waals surface area contributed by atoms with Crippen molar-refractivity contribution in [3.8, 4) is 0 Å². The summed E-state index contributed by atoms with van der Waals surface area (Å²) < 4.78 is 27.1. The summed E-state index contributed by atoms with van der Waals surface area (Å²) >= 11 is 5.47. The molecule has 0 radical (unpaired) electrons. The molecule has 0 spiro atoms. The number of carbonyl (C=O) groups is 2. The number of nitrogens with one attached hydrogen (secondary N) is 2. The Kier molecular flexibility index (Phi) is 5.31. The third-order valence-corrected chi connectivity index (χ3v) is 3.72. The third-order valence-electron chi connectivity index (χ3n) is 3.50. The summed E-state index contributed by atoms with van der Waals surface area (Å²) in [5.41, 5.74) is -0.742. The lowest BCUT2D eigenvalue weighted by Gasteiger charge is -2.27. The zero-order chi connectivity index (χ0) is 16.3. The quantitative estimate of drug-likeness (QED) is 0.725. The number of benzene rings is 1. The molecule has 0 heterocycles. The SMILES string of the molecule is O=C(Nc1c(F)cc(Cl)cc1F)C(=O)NC1CCCCC1O. The maximum absolute atomic E-state index is 13.5.